The molecule has 2 aromatic heterocycles. The van der Waals surface area contributed by atoms with Crippen molar-refractivity contribution < 1.29 is 4.74 Å². The molecule has 7 nitrogen and oxygen atoms in total. The maximum Gasteiger partial charge on any atom is 0.140 e. The van der Waals surface area contributed by atoms with Crippen LogP contribution in [0, 0.1) is 5.41 Å². The van der Waals surface area contributed by atoms with Crippen LogP contribution in [0.3, 0.4) is 0 Å². The van der Waals surface area contributed by atoms with Crippen LogP contribution in [0.1, 0.15) is 25.1 Å². The largest absolute Gasteiger partial charge is 0.378 e. The van der Waals surface area contributed by atoms with E-state index in [1.54, 1.807) is 6.33 Å². The Labute approximate surface area is 164 Å². The molecule has 5 rings (SSSR count). The molecule has 1 aromatic carbocycles. The van der Waals surface area contributed by atoms with Crippen molar-refractivity contribution in [3.8, 4) is 0 Å². The molecule has 28 heavy (non-hydrogen) atoms. The number of nitrogens with one attached hydrogen (secondary N) is 1. The molecule has 0 radical (unpaired) electrons. The van der Waals surface area contributed by atoms with Gasteiger partial charge < -0.3 is 14.5 Å². The van der Waals surface area contributed by atoms with Crippen LogP contribution in [-0.4, -0.2) is 53.0 Å². The lowest BCUT2D eigenvalue weighted by Gasteiger charge is -2.32. The van der Waals surface area contributed by atoms with Gasteiger partial charge in [-0.3, -0.25) is 5.10 Å². The summed E-state index contributed by atoms with van der Waals surface area (Å²) >= 11 is 0. The molecule has 0 aliphatic carbocycles. The summed E-state index contributed by atoms with van der Waals surface area (Å²) in [6.07, 6.45) is 4.62. The number of H-pyrrole nitrogens is 1. The molecule has 146 valence electrons. The Bertz CT molecular complexity index is 991. The van der Waals surface area contributed by atoms with E-state index >= 15 is 0 Å². The van der Waals surface area contributed by atoms with Crippen LogP contribution in [0.4, 0.5) is 11.5 Å². The van der Waals surface area contributed by atoms with E-state index in [9.17, 15) is 0 Å². The van der Waals surface area contributed by atoms with E-state index in [2.05, 4.69) is 57.0 Å². The first-order valence-corrected chi connectivity index (χ1v) is 9.93. The highest BCUT2D eigenvalue weighted by Gasteiger charge is 2.30. The Balaban J connectivity index is 1.57. The van der Waals surface area contributed by atoms with Gasteiger partial charge in [0, 0.05) is 48.5 Å². The van der Waals surface area contributed by atoms with Crippen LogP contribution < -0.4 is 9.80 Å². The van der Waals surface area contributed by atoms with Crippen molar-refractivity contribution in [2.75, 3.05) is 42.6 Å². The van der Waals surface area contributed by atoms with Crippen molar-refractivity contribution in [1.29, 1.82) is 0 Å². The van der Waals surface area contributed by atoms with E-state index in [1.165, 1.54) is 16.9 Å². The molecular formula is C21H26N6O. The first-order valence-electron chi connectivity index (χ1n) is 9.93. The molecule has 0 saturated carbocycles. The highest BCUT2D eigenvalue weighted by atomic mass is 16.5. The lowest BCUT2D eigenvalue weighted by Crippen LogP contribution is -2.36. The van der Waals surface area contributed by atoms with Gasteiger partial charge in [0.2, 0.25) is 0 Å². The number of morpholine rings is 1. The number of aromatic nitrogens is 4. The molecule has 1 saturated heterocycles. The molecule has 3 aromatic rings. The number of hydrogen-bond donors (Lipinski definition) is 1. The van der Waals surface area contributed by atoms with Crippen molar-refractivity contribution in [2.45, 2.75) is 26.8 Å². The zero-order chi connectivity index (χ0) is 19.1. The van der Waals surface area contributed by atoms with Gasteiger partial charge in [0.25, 0.3) is 0 Å². The van der Waals surface area contributed by atoms with Gasteiger partial charge in [0.05, 0.1) is 24.9 Å². The van der Waals surface area contributed by atoms with Crippen molar-refractivity contribution in [2.24, 2.45) is 5.41 Å². The second-order valence-electron chi connectivity index (χ2n) is 8.57. The molecule has 0 atom stereocenters. The second-order valence-corrected chi connectivity index (χ2v) is 8.57. The Morgan fingerprint density at radius 2 is 1.96 bits per heavy atom. The van der Waals surface area contributed by atoms with Crippen molar-refractivity contribution in [1.82, 2.24) is 20.2 Å². The highest BCUT2D eigenvalue weighted by Crippen LogP contribution is 2.34. The molecule has 1 N–H and O–H groups in total. The van der Waals surface area contributed by atoms with E-state index in [4.69, 9.17) is 9.72 Å². The summed E-state index contributed by atoms with van der Waals surface area (Å²) in [6.45, 7) is 9.75. The SMILES string of the molecule is CC1(C)Cc2[nH]ncc2CN(c2ncnc3ccc(N4CCOCC4)cc23)C1. The zero-order valence-corrected chi connectivity index (χ0v) is 16.5. The monoisotopic (exact) mass is 378 g/mol. The number of hydrogen-bond acceptors (Lipinski definition) is 6. The topological polar surface area (TPSA) is 70.2 Å². The standard InChI is InChI=1S/C21H26N6O/c1-21(2)10-19-15(11-24-25-19)12-27(13-21)20-17-9-16(26-5-7-28-8-6-26)3-4-18(17)22-14-23-20/h3-4,9,11,14H,5-8,10,12-13H2,1-2H3,(H,24,25). The van der Waals surface area contributed by atoms with E-state index in [1.807, 2.05) is 6.20 Å². The average molecular weight is 378 g/mol. The third kappa shape index (κ3) is 3.20. The minimum absolute atomic E-state index is 0.122. The van der Waals surface area contributed by atoms with Gasteiger partial charge in [-0.15, -0.1) is 0 Å². The third-order valence-electron chi connectivity index (χ3n) is 5.72. The third-order valence-corrected chi connectivity index (χ3v) is 5.72. The summed E-state index contributed by atoms with van der Waals surface area (Å²) in [6, 6.07) is 6.51. The summed E-state index contributed by atoms with van der Waals surface area (Å²) in [5.41, 5.74) is 4.81. The summed E-state index contributed by atoms with van der Waals surface area (Å²) in [5, 5.41) is 8.57. The maximum absolute atomic E-state index is 5.51. The fourth-order valence-electron chi connectivity index (χ4n) is 4.39. The van der Waals surface area contributed by atoms with Gasteiger partial charge in [-0.1, -0.05) is 13.8 Å². The molecule has 2 aliphatic rings. The van der Waals surface area contributed by atoms with Gasteiger partial charge >= 0.3 is 0 Å². The molecule has 2 aliphatic heterocycles. The predicted octanol–water partition coefficient (Wildman–Crippen LogP) is 2.78. The average Bonchev–Trinajstić information content (AvgIpc) is 3.07. The highest BCUT2D eigenvalue weighted by molar-refractivity contribution is 5.92. The summed E-state index contributed by atoms with van der Waals surface area (Å²) < 4.78 is 5.51. The molecule has 1 fully saturated rings. The van der Waals surface area contributed by atoms with Crippen LogP contribution in [0.5, 0.6) is 0 Å². The quantitative estimate of drug-likeness (QED) is 0.739. The fourth-order valence-corrected chi connectivity index (χ4v) is 4.39. The predicted molar refractivity (Wildman–Crippen MR) is 110 cm³/mol. The van der Waals surface area contributed by atoms with Gasteiger partial charge in [-0.25, -0.2) is 9.97 Å². The fraction of sp³-hybridized carbons (Fsp3) is 0.476. The number of nitrogens with zero attached hydrogens (tertiary/aromatic N) is 5. The Morgan fingerprint density at radius 1 is 1.11 bits per heavy atom. The number of anilines is 2. The van der Waals surface area contributed by atoms with E-state index < -0.39 is 0 Å². The van der Waals surface area contributed by atoms with Crippen LogP contribution in [0.25, 0.3) is 10.9 Å². The van der Waals surface area contributed by atoms with E-state index in [0.717, 1.165) is 62.5 Å². The molecule has 0 bridgehead atoms. The van der Waals surface area contributed by atoms with Crippen LogP contribution in [-0.2, 0) is 17.7 Å². The number of rotatable bonds is 2. The van der Waals surface area contributed by atoms with Gasteiger partial charge in [-0.2, -0.15) is 5.10 Å². The summed E-state index contributed by atoms with van der Waals surface area (Å²) in [4.78, 5) is 14.0. The minimum Gasteiger partial charge on any atom is -0.378 e. The van der Waals surface area contributed by atoms with Crippen molar-refractivity contribution >= 4 is 22.4 Å². The van der Waals surface area contributed by atoms with Gasteiger partial charge in [-0.05, 0) is 30.0 Å². The van der Waals surface area contributed by atoms with Gasteiger partial charge in [0.15, 0.2) is 0 Å². The van der Waals surface area contributed by atoms with Crippen LogP contribution >= 0.6 is 0 Å². The molecule has 0 unspecified atom stereocenters. The Kier molecular flexibility index (Phi) is 4.19. The summed E-state index contributed by atoms with van der Waals surface area (Å²) in [5.74, 6) is 1.00. The number of benzene rings is 1. The molecule has 0 amide bonds. The molecule has 7 heteroatoms. The molecular weight excluding hydrogens is 352 g/mol. The lowest BCUT2D eigenvalue weighted by molar-refractivity contribution is 0.122. The van der Waals surface area contributed by atoms with E-state index in [-0.39, 0.29) is 5.41 Å². The number of aromatic amines is 1. The van der Waals surface area contributed by atoms with Crippen LogP contribution in [0.2, 0.25) is 0 Å². The Morgan fingerprint density at radius 3 is 2.82 bits per heavy atom. The number of fused-ring (bicyclic) bond motifs is 2. The van der Waals surface area contributed by atoms with E-state index in [0.29, 0.717) is 0 Å². The normalized spacial score (nSPS) is 19.5. The minimum atomic E-state index is 0.122. The Hall–Kier alpha value is -2.67. The number of ether oxygens (including phenoxy) is 1. The zero-order valence-electron chi connectivity index (χ0n) is 16.5. The summed E-state index contributed by atoms with van der Waals surface area (Å²) in [7, 11) is 0. The van der Waals surface area contributed by atoms with Crippen LogP contribution in [0.15, 0.2) is 30.7 Å². The first kappa shape index (κ1) is 17.4. The molecule has 4 heterocycles. The van der Waals surface area contributed by atoms with Gasteiger partial charge in [0.1, 0.15) is 12.1 Å². The smallest absolute Gasteiger partial charge is 0.140 e. The lowest BCUT2D eigenvalue weighted by atomic mass is 9.88. The first-order chi connectivity index (χ1) is 13.6. The second kappa shape index (κ2) is 6.74. The van der Waals surface area contributed by atoms with Crippen molar-refractivity contribution in [3.05, 3.63) is 42.0 Å². The van der Waals surface area contributed by atoms with Crippen molar-refractivity contribution in [3.63, 3.8) is 0 Å². The molecule has 0 spiro atoms. The maximum atomic E-state index is 5.51.